The summed E-state index contributed by atoms with van der Waals surface area (Å²) in [6, 6.07) is 15.6. The van der Waals surface area contributed by atoms with Crippen molar-refractivity contribution in [3.8, 4) is 0 Å². The first kappa shape index (κ1) is 33.9. The number of carbonyl (C=O) groups is 2. The van der Waals surface area contributed by atoms with Crippen LogP contribution in [0.2, 0.25) is 5.02 Å². The van der Waals surface area contributed by atoms with Gasteiger partial charge >= 0.3 is 12.3 Å². The van der Waals surface area contributed by atoms with E-state index in [1.54, 1.807) is 47.8 Å². The molecule has 0 radical (unpaired) electrons. The molecular formula is C31H32ClF5N4O4. The van der Waals surface area contributed by atoms with E-state index in [-0.39, 0.29) is 32.2 Å². The number of amides is 2. The number of alkyl halides is 3. The molecule has 242 valence electrons. The smallest absolute Gasteiger partial charge is 0.407 e. The Morgan fingerprint density at radius 3 is 2.51 bits per heavy atom. The Labute approximate surface area is 261 Å². The van der Waals surface area contributed by atoms with Crippen molar-refractivity contribution in [3.05, 3.63) is 94.5 Å². The lowest BCUT2D eigenvalue weighted by molar-refractivity contribution is -0.124. The summed E-state index contributed by atoms with van der Waals surface area (Å²) >= 11 is 6.07. The maximum Gasteiger partial charge on any atom is 0.407 e. The molecule has 1 fully saturated rings. The molecule has 8 nitrogen and oxygen atoms in total. The predicted molar refractivity (Wildman–Crippen MR) is 159 cm³/mol. The summed E-state index contributed by atoms with van der Waals surface area (Å²) < 4.78 is 76.0. The van der Waals surface area contributed by atoms with Crippen LogP contribution in [0.5, 0.6) is 0 Å². The monoisotopic (exact) mass is 654 g/mol. The van der Waals surface area contributed by atoms with E-state index in [1.165, 1.54) is 24.3 Å². The lowest BCUT2D eigenvalue weighted by Crippen LogP contribution is -2.49. The molecule has 3 atom stereocenters. The number of ether oxygens (including phenoxy) is 2. The minimum Gasteiger partial charge on any atom is -0.448 e. The highest BCUT2D eigenvalue weighted by atomic mass is 35.5. The fraction of sp³-hybridized carbons (Fsp3) is 0.355. The Bertz CT molecular complexity index is 1440. The van der Waals surface area contributed by atoms with Gasteiger partial charge in [-0.25, -0.2) is 13.6 Å². The van der Waals surface area contributed by atoms with E-state index in [1.807, 2.05) is 0 Å². The molecule has 1 aliphatic heterocycles. The largest absolute Gasteiger partial charge is 0.448 e. The van der Waals surface area contributed by atoms with Crippen LogP contribution in [0, 0.1) is 11.6 Å². The second-order valence-electron chi connectivity index (χ2n) is 10.5. The highest BCUT2D eigenvalue weighted by Gasteiger charge is 2.29. The number of morpholine rings is 1. The highest BCUT2D eigenvalue weighted by Crippen LogP contribution is 2.25. The van der Waals surface area contributed by atoms with Gasteiger partial charge in [-0.1, -0.05) is 35.9 Å². The third-order valence-corrected chi connectivity index (χ3v) is 7.18. The van der Waals surface area contributed by atoms with Gasteiger partial charge in [-0.05, 0) is 60.9 Å². The molecule has 0 aliphatic carbocycles. The highest BCUT2D eigenvalue weighted by molar-refractivity contribution is 6.30. The van der Waals surface area contributed by atoms with Gasteiger partial charge in [-0.2, -0.15) is 13.2 Å². The maximum absolute atomic E-state index is 15.1. The first-order valence-corrected chi connectivity index (χ1v) is 14.5. The molecule has 2 amide bonds. The third-order valence-electron chi connectivity index (χ3n) is 6.94. The van der Waals surface area contributed by atoms with Gasteiger partial charge in [0.25, 0.3) is 0 Å². The van der Waals surface area contributed by atoms with E-state index in [2.05, 4.69) is 16.0 Å². The van der Waals surface area contributed by atoms with Crippen LogP contribution in [0.4, 0.5) is 38.1 Å². The van der Waals surface area contributed by atoms with Crippen molar-refractivity contribution in [2.45, 2.75) is 43.6 Å². The number of hydrogen-bond donors (Lipinski definition) is 4. The molecule has 45 heavy (non-hydrogen) atoms. The number of rotatable bonds is 12. The Morgan fingerprint density at radius 2 is 1.82 bits per heavy atom. The van der Waals surface area contributed by atoms with Crippen LogP contribution < -0.4 is 21.3 Å². The number of nitrogens with one attached hydrogen (secondary N) is 4. The minimum absolute atomic E-state index is 0.128. The lowest BCUT2D eigenvalue weighted by atomic mass is 10.0. The van der Waals surface area contributed by atoms with Crippen molar-refractivity contribution in [2.24, 2.45) is 0 Å². The van der Waals surface area contributed by atoms with Gasteiger partial charge in [0.1, 0.15) is 30.8 Å². The van der Waals surface area contributed by atoms with Crippen LogP contribution in [-0.4, -0.2) is 62.7 Å². The van der Waals surface area contributed by atoms with Gasteiger partial charge in [0.15, 0.2) is 0 Å². The summed E-state index contributed by atoms with van der Waals surface area (Å²) in [5.41, 5.74) is 1.91. The van der Waals surface area contributed by atoms with E-state index < -0.39 is 48.4 Å². The summed E-state index contributed by atoms with van der Waals surface area (Å²) in [5, 5.41) is 11.2. The number of carbonyl (C=O) groups excluding carboxylic acids is 2. The standard InChI is InChI=1S/C31H32ClF5N4O4/c32-20-3-1-4-22(14-20)40-29(42)28(13-19-7-9-21(33)10-8-19)41-27-6-2-5-26(34)25(27)12-11-24-15-38-23(16-44-24)17-45-30(43)39-18-31(35,36)37/h1-10,14,23-24,28,38,41H,11-13,15-18H2,(H,39,43)(H,40,42)/t23-,24+,28-/m0/s1. The number of benzene rings is 3. The second kappa shape index (κ2) is 15.9. The fourth-order valence-corrected chi connectivity index (χ4v) is 4.85. The molecule has 1 aliphatic rings. The van der Waals surface area contributed by atoms with Crippen molar-refractivity contribution in [1.29, 1.82) is 0 Å². The molecule has 4 rings (SSSR count). The number of alkyl carbamates (subject to hydrolysis) is 1. The minimum atomic E-state index is -4.54. The van der Waals surface area contributed by atoms with Crippen LogP contribution in [0.1, 0.15) is 17.5 Å². The average Bonchev–Trinajstić information content (AvgIpc) is 2.99. The van der Waals surface area contributed by atoms with Crippen molar-refractivity contribution in [3.63, 3.8) is 0 Å². The lowest BCUT2D eigenvalue weighted by Gasteiger charge is -2.30. The van der Waals surface area contributed by atoms with Gasteiger partial charge < -0.3 is 30.7 Å². The molecule has 0 spiro atoms. The molecular weight excluding hydrogens is 623 g/mol. The molecule has 0 saturated carbocycles. The number of halogens is 6. The quantitative estimate of drug-likeness (QED) is 0.183. The van der Waals surface area contributed by atoms with Crippen molar-refractivity contribution >= 4 is 35.0 Å². The van der Waals surface area contributed by atoms with Crippen molar-refractivity contribution < 1.29 is 41.0 Å². The number of anilines is 2. The Morgan fingerprint density at radius 1 is 1.07 bits per heavy atom. The molecule has 3 aromatic carbocycles. The number of hydrogen-bond acceptors (Lipinski definition) is 6. The van der Waals surface area contributed by atoms with Gasteiger partial charge in [-0.3, -0.25) is 4.79 Å². The predicted octanol–water partition coefficient (Wildman–Crippen LogP) is 5.86. The van der Waals surface area contributed by atoms with Crippen molar-refractivity contribution in [1.82, 2.24) is 10.6 Å². The van der Waals surface area contributed by atoms with Gasteiger partial charge in [0.05, 0.1) is 18.8 Å². The van der Waals surface area contributed by atoms with E-state index >= 15 is 4.39 Å². The van der Waals surface area contributed by atoms with Gasteiger partial charge in [-0.15, -0.1) is 0 Å². The third kappa shape index (κ3) is 11.2. The van der Waals surface area contributed by atoms with E-state index in [9.17, 15) is 27.2 Å². The Hall–Kier alpha value is -3.94. The van der Waals surface area contributed by atoms with E-state index in [0.29, 0.717) is 40.5 Å². The topological polar surface area (TPSA) is 101 Å². The molecule has 14 heteroatoms. The van der Waals surface area contributed by atoms with Crippen LogP contribution in [0.15, 0.2) is 66.7 Å². The molecule has 0 unspecified atom stereocenters. The van der Waals surface area contributed by atoms with Gasteiger partial charge in [0, 0.05) is 34.9 Å². The molecule has 1 heterocycles. The summed E-state index contributed by atoms with van der Waals surface area (Å²) in [4.78, 5) is 24.9. The fourth-order valence-electron chi connectivity index (χ4n) is 4.66. The van der Waals surface area contributed by atoms with Crippen LogP contribution in [0.3, 0.4) is 0 Å². The zero-order valence-electron chi connectivity index (χ0n) is 23.9. The normalized spacial score (nSPS) is 17.3. The Kier molecular flexibility index (Phi) is 12.0. The first-order chi connectivity index (χ1) is 21.4. The molecule has 0 aromatic heterocycles. The summed E-state index contributed by atoms with van der Waals surface area (Å²) in [6.45, 7) is -1.22. The summed E-state index contributed by atoms with van der Waals surface area (Å²) in [7, 11) is 0. The molecule has 0 bridgehead atoms. The first-order valence-electron chi connectivity index (χ1n) is 14.1. The maximum atomic E-state index is 15.1. The SMILES string of the molecule is O=C(NCC(F)(F)F)OC[C@@H]1CO[C@H](CCc2c(F)cccc2N[C@@H](Cc2ccc(F)cc2)C(=O)Nc2cccc(Cl)c2)CN1. The Balaban J connectivity index is 1.36. The average molecular weight is 655 g/mol. The van der Waals surface area contributed by atoms with Crippen LogP contribution in [0.25, 0.3) is 0 Å². The molecule has 4 N–H and O–H groups in total. The molecule has 3 aromatic rings. The van der Waals surface area contributed by atoms with Crippen LogP contribution in [-0.2, 0) is 27.1 Å². The molecule has 1 saturated heterocycles. The zero-order chi connectivity index (χ0) is 32.4. The van der Waals surface area contributed by atoms with E-state index in [0.717, 1.165) is 0 Å². The summed E-state index contributed by atoms with van der Waals surface area (Å²) in [5.74, 6) is -1.29. The zero-order valence-corrected chi connectivity index (χ0v) is 24.7. The van der Waals surface area contributed by atoms with Crippen LogP contribution >= 0.6 is 11.6 Å². The second-order valence-corrected chi connectivity index (χ2v) is 10.9. The van der Waals surface area contributed by atoms with Crippen molar-refractivity contribution in [2.75, 3.05) is 36.9 Å². The van der Waals surface area contributed by atoms with E-state index in [4.69, 9.17) is 21.1 Å². The van der Waals surface area contributed by atoms with Gasteiger partial charge in [0.2, 0.25) is 5.91 Å². The summed E-state index contributed by atoms with van der Waals surface area (Å²) in [6.07, 6.45) is -5.22.